The molecule has 3 N–H and O–H groups in total. The van der Waals surface area contributed by atoms with Crippen molar-refractivity contribution in [1.82, 2.24) is 15.8 Å². The minimum absolute atomic E-state index is 0.191. The van der Waals surface area contributed by atoms with Gasteiger partial charge in [-0.15, -0.1) is 0 Å². The quantitative estimate of drug-likeness (QED) is 0.489. The zero-order chi connectivity index (χ0) is 17.2. The van der Waals surface area contributed by atoms with E-state index in [4.69, 9.17) is 16.7 Å². The molecular formula is C17H28ClN3O2. The van der Waals surface area contributed by atoms with Crippen molar-refractivity contribution in [3.8, 4) is 0 Å². The van der Waals surface area contributed by atoms with Gasteiger partial charge in [-0.05, 0) is 56.9 Å². The summed E-state index contributed by atoms with van der Waals surface area (Å²) in [4.78, 5) is 13.3. The number of nitrogens with zero attached hydrogens (tertiary/aromatic N) is 1. The van der Waals surface area contributed by atoms with E-state index in [0.717, 1.165) is 17.9 Å². The number of likely N-dealkylation sites (tertiary alicyclic amines) is 1. The molecule has 1 saturated heterocycles. The molecular weight excluding hydrogens is 314 g/mol. The Morgan fingerprint density at radius 3 is 2.52 bits per heavy atom. The van der Waals surface area contributed by atoms with Gasteiger partial charge in [0.2, 0.25) is 5.91 Å². The second-order valence-electron chi connectivity index (χ2n) is 5.63. The highest BCUT2D eigenvalue weighted by Gasteiger charge is 2.25. The first-order chi connectivity index (χ1) is 11.0. The number of aliphatic hydroxyl groups is 1. The number of allylic oxidation sites excluding steroid dienone is 4. The number of halogens is 1. The monoisotopic (exact) mass is 341 g/mol. The third kappa shape index (κ3) is 6.47. The van der Waals surface area contributed by atoms with Crippen LogP contribution in [0.2, 0.25) is 0 Å². The lowest BCUT2D eigenvalue weighted by Gasteiger charge is -2.33. The van der Waals surface area contributed by atoms with E-state index in [1.54, 1.807) is 4.90 Å². The van der Waals surface area contributed by atoms with Crippen molar-refractivity contribution in [2.45, 2.75) is 26.7 Å². The molecule has 130 valence electrons. The van der Waals surface area contributed by atoms with Gasteiger partial charge in [-0.2, -0.15) is 0 Å². The Morgan fingerprint density at radius 2 is 2.04 bits per heavy atom. The van der Waals surface area contributed by atoms with Gasteiger partial charge < -0.3 is 10.0 Å². The van der Waals surface area contributed by atoms with Crippen LogP contribution in [0.3, 0.4) is 0 Å². The fourth-order valence-electron chi connectivity index (χ4n) is 2.87. The van der Waals surface area contributed by atoms with Crippen LogP contribution < -0.4 is 10.9 Å². The van der Waals surface area contributed by atoms with Crippen LogP contribution in [-0.2, 0) is 4.79 Å². The van der Waals surface area contributed by atoms with Crippen LogP contribution in [0, 0.1) is 5.92 Å². The molecule has 0 bridgehead atoms. The van der Waals surface area contributed by atoms with Crippen LogP contribution in [0.4, 0.5) is 0 Å². The van der Waals surface area contributed by atoms with E-state index in [1.165, 1.54) is 11.1 Å². The van der Waals surface area contributed by atoms with Crippen molar-refractivity contribution in [1.29, 1.82) is 0 Å². The van der Waals surface area contributed by atoms with E-state index in [9.17, 15) is 4.79 Å². The molecule has 1 heterocycles. The van der Waals surface area contributed by atoms with Crippen molar-refractivity contribution in [2.24, 2.45) is 5.92 Å². The molecule has 1 aliphatic heterocycles. The van der Waals surface area contributed by atoms with E-state index < -0.39 is 6.61 Å². The molecule has 0 unspecified atom stereocenters. The molecule has 0 aromatic heterocycles. The first-order valence-electron chi connectivity index (χ1n) is 8.01. The average Bonchev–Trinajstić information content (AvgIpc) is 2.56. The van der Waals surface area contributed by atoms with Crippen molar-refractivity contribution in [2.75, 3.05) is 33.3 Å². The molecule has 0 spiro atoms. The van der Waals surface area contributed by atoms with Crippen LogP contribution >= 0.6 is 11.6 Å². The van der Waals surface area contributed by atoms with Crippen molar-refractivity contribution in [3.05, 3.63) is 34.4 Å². The molecule has 0 radical (unpaired) electrons. The van der Waals surface area contributed by atoms with Gasteiger partial charge in [-0.25, -0.2) is 0 Å². The lowest BCUT2D eigenvalue weighted by molar-refractivity contribution is -0.135. The van der Waals surface area contributed by atoms with Crippen LogP contribution in [-0.4, -0.2) is 49.2 Å². The lowest BCUT2D eigenvalue weighted by Crippen LogP contribution is -2.40. The molecule has 0 saturated carbocycles. The zero-order valence-corrected chi connectivity index (χ0v) is 15.0. The molecule has 23 heavy (non-hydrogen) atoms. The Balaban J connectivity index is 2.98. The normalized spacial score (nSPS) is 18.5. The van der Waals surface area contributed by atoms with Crippen molar-refractivity contribution < 1.29 is 9.90 Å². The van der Waals surface area contributed by atoms with Crippen LogP contribution in [0.25, 0.3) is 0 Å². The summed E-state index contributed by atoms with van der Waals surface area (Å²) in [5.41, 5.74) is 8.48. The number of piperidine rings is 1. The van der Waals surface area contributed by atoms with Gasteiger partial charge in [0, 0.05) is 24.7 Å². The van der Waals surface area contributed by atoms with Crippen LogP contribution in [0.1, 0.15) is 26.7 Å². The van der Waals surface area contributed by atoms with Gasteiger partial charge in [-0.3, -0.25) is 15.6 Å². The van der Waals surface area contributed by atoms with Crippen molar-refractivity contribution in [3.63, 3.8) is 0 Å². The van der Waals surface area contributed by atoms with Gasteiger partial charge in [0.15, 0.2) is 0 Å². The first-order valence-corrected chi connectivity index (χ1v) is 8.39. The van der Waals surface area contributed by atoms with Gasteiger partial charge in [0.05, 0.1) is 0 Å². The van der Waals surface area contributed by atoms with Gasteiger partial charge >= 0.3 is 0 Å². The average molecular weight is 342 g/mol. The molecule has 0 aromatic carbocycles. The smallest absolute Gasteiger partial charge is 0.248 e. The SMILES string of the molecule is C\C=C/C(CNNC)=C(\C=C(/C)Cl)C1CCN(C(=O)CO)CC1. The Bertz CT molecular complexity index is 474. The second-order valence-corrected chi connectivity index (χ2v) is 6.22. The van der Waals surface area contributed by atoms with E-state index in [2.05, 4.69) is 16.9 Å². The molecule has 1 amide bonds. The zero-order valence-electron chi connectivity index (χ0n) is 14.2. The maximum Gasteiger partial charge on any atom is 0.248 e. The number of aliphatic hydroxyl groups excluding tert-OH is 1. The molecule has 0 aromatic rings. The standard InChI is InChI=1S/C17H28ClN3O2/c1-4-5-15(11-20-19-3)16(10-13(2)18)14-6-8-21(9-7-14)17(23)12-22/h4-5,10,14,19-20,22H,6-9,11-12H2,1-3H3/b5-4-,13-10+,16-15-. The molecule has 0 aliphatic carbocycles. The molecule has 1 rings (SSSR count). The summed E-state index contributed by atoms with van der Waals surface area (Å²) in [7, 11) is 1.84. The summed E-state index contributed by atoms with van der Waals surface area (Å²) >= 11 is 6.14. The summed E-state index contributed by atoms with van der Waals surface area (Å²) in [6.07, 6.45) is 7.91. The fourth-order valence-corrected chi connectivity index (χ4v) is 2.99. The van der Waals surface area contributed by atoms with E-state index >= 15 is 0 Å². The molecule has 6 heteroatoms. The number of carbonyl (C=O) groups is 1. The molecule has 0 atom stereocenters. The predicted octanol–water partition coefficient (Wildman–Crippen LogP) is 1.96. The van der Waals surface area contributed by atoms with E-state index in [-0.39, 0.29) is 5.91 Å². The topological polar surface area (TPSA) is 64.6 Å². The van der Waals surface area contributed by atoms with Gasteiger partial charge in [-0.1, -0.05) is 23.8 Å². The number of rotatable bonds is 7. The fraction of sp³-hybridized carbons (Fsp3) is 0.588. The number of hydrogen-bond acceptors (Lipinski definition) is 4. The van der Waals surface area contributed by atoms with Gasteiger partial charge in [0.25, 0.3) is 0 Å². The third-order valence-electron chi connectivity index (χ3n) is 3.97. The number of amides is 1. The maximum atomic E-state index is 11.6. The minimum atomic E-state index is -0.413. The highest BCUT2D eigenvalue weighted by Crippen LogP contribution is 2.29. The summed E-state index contributed by atoms with van der Waals surface area (Å²) in [5, 5.41) is 9.73. The maximum absolute atomic E-state index is 11.6. The Kier molecular flexibility index (Phi) is 9.17. The van der Waals surface area contributed by atoms with E-state index in [0.29, 0.717) is 25.6 Å². The first kappa shape index (κ1) is 19.9. The number of hydrogen-bond donors (Lipinski definition) is 3. The number of hydrazine groups is 1. The molecule has 5 nitrogen and oxygen atoms in total. The lowest BCUT2D eigenvalue weighted by atomic mass is 9.85. The molecule has 1 aliphatic rings. The minimum Gasteiger partial charge on any atom is -0.387 e. The molecule has 1 fully saturated rings. The number of carbonyl (C=O) groups excluding carboxylic acids is 1. The third-order valence-corrected chi connectivity index (χ3v) is 4.08. The van der Waals surface area contributed by atoms with Crippen molar-refractivity contribution >= 4 is 17.5 Å². The number of nitrogens with one attached hydrogen (secondary N) is 2. The highest BCUT2D eigenvalue weighted by molar-refractivity contribution is 6.29. The van der Waals surface area contributed by atoms with Gasteiger partial charge in [0.1, 0.15) is 6.61 Å². The summed E-state index contributed by atoms with van der Waals surface area (Å²) < 4.78 is 0. The van der Waals surface area contributed by atoms with E-state index in [1.807, 2.05) is 33.0 Å². The highest BCUT2D eigenvalue weighted by atomic mass is 35.5. The second kappa shape index (κ2) is 10.6. The Morgan fingerprint density at radius 1 is 1.39 bits per heavy atom. The Labute approximate surface area is 144 Å². The Hall–Kier alpha value is -1.14. The summed E-state index contributed by atoms with van der Waals surface area (Å²) in [5.74, 6) is 0.167. The predicted molar refractivity (Wildman–Crippen MR) is 94.9 cm³/mol. The van der Waals surface area contributed by atoms with Crippen LogP contribution in [0.15, 0.2) is 34.4 Å². The summed E-state index contributed by atoms with van der Waals surface area (Å²) in [6.45, 7) is 5.51. The largest absolute Gasteiger partial charge is 0.387 e. The summed E-state index contributed by atoms with van der Waals surface area (Å²) in [6, 6.07) is 0. The van der Waals surface area contributed by atoms with Crippen LogP contribution in [0.5, 0.6) is 0 Å².